The summed E-state index contributed by atoms with van der Waals surface area (Å²) in [5.74, 6) is 0.278. The zero-order valence-corrected chi connectivity index (χ0v) is 15.8. The minimum atomic E-state index is -0.364. The molecule has 0 radical (unpaired) electrons. The van der Waals surface area contributed by atoms with Crippen LogP contribution in [0.1, 0.15) is 15.9 Å². The summed E-state index contributed by atoms with van der Waals surface area (Å²) in [6.07, 6.45) is 0. The maximum Gasteiger partial charge on any atom is 0.258 e. The normalized spacial score (nSPS) is 10.4. The van der Waals surface area contributed by atoms with Crippen molar-refractivity contribution in [3.8, 4) is 22.9 Å². The molecule has 0 aliphatic heterocycles. The molecule has 5 nitrogen and oxygen atoms in total. The summed E-state index contributed by atoms with van der Waals surface area (Å²) in [6.45, 7) is 0. The number of ether oxygens (including phenoxy) is 1. The molecule has 1 amide bonds. The summed E-state index contributed by atoms with van der Waals surface area (Å²) < 4.78 is 6.37. The van der Waals surface area contributed by atoms with E-state index < -0.39 is 0 Å². The average Bonchev–Trinajstić information content (AvgIpc) is 3.17. The highest BCUT2D eigenvalue weighted by Gasteiger charge is 2.17. The molecule has 1 aromatic heterocycles. The van der Waals surface area contributed by atoms with Crippen molar-refractivity contribution in [1.29, 1.82) is 5.26 Å². The molecule has 0 saturated heterocycles. The summed E-state index contributed by atoms with van der Waals surface area (Å²) in [7, 11) is 1.59. The van der Waals surface area contributed by atoms with Gasteiger partial charge in [0.25, 0.3) is 5.91 Å². The number of fused-ring (bicyclic) bond motifs is 1. The van der Waals surface area contributed by atoms with Gasteiger partial charge in [-0.25, -0.2) is 4.98 Å². The third kappa shape index (κ3) is 3.20. The summed E-state index contributed by atoms with van der Waals surface area (Å²) >= 11 is 1.38. The second kappa shape index (κ2) is 7.51. The highest BCUT2D eigenvalue weighted by atomic mass is 32.1. The number of carbonyl (C=O) groups excluding carboxylic acids is 1. The number of methoxy groups -OCH3 is 1. The molecule has 6 heteroatoms. The number of carbonyl (C=O) groups is 1. The number of nitrogens with one attached hydrogen (secondary N) is 1. The van der Waals surface area contributed by atoms with Crippen LogP contribution in [0.25, 0.3) is 21.3 Å². The molecule has 0 fully saturated rings. The SMILES string of the molecule is COc1ccc(-c2ccccc2)c2sc(NC(=O)c3ccccc3C#N)nc12. The summed E-state index contributed by atoms with van der Waals surface area (Å²) in [5, 5.41) is 12.5. The topological polar surface area (TPSA) is 75.0 Å². The first-order valence-corrected chi connectivity index (χ1v) is 9.36. The van der Waals surface area contributed by atoms with Gasteiger partial charge in [0.15, 0.2) is 5.13 Å². The van der Waals surface area contributed by atoms with Crippen LogP contribution in [0, 0.1) is 11.3 Å². The first-order valence-electron chi connectivity index (χ1n) is 8.54. The van der Waals surface area contributed by atoms with Crippen molar-refractivity contribution in [2.75, 3.05) is 12.4 Å². The van der Waals surface area contributed by atoms with Crippen LogP contribution < -0.4 is 10.1 Å². The van der Waals surface area contributed by atoms with Gasteiger partial charge in [-0.3, -0.25) is 10.1 Å². The molecule has 0 saturated carbocycles. The van der Waals surface area contributed by atoms with E-state index >= 15 is 0 Å². The predicted molar refractivity (Wildman–Crippen MR) is 111 cm³/mol. The molecular weight excluding hydrogens is 370 g/mol. The number of rotatable bonds is 4. The minimum absolute atomic E-state index is 0.319. The second-order valence-corrected chi connectivity index (χ2v) is 6.99. The largest absolute Gasteiger partial charge is 0.494 e. The molecule has 0 bridgehead atoms. The lowest BCUT2D eigenvalue weighted by Gasteiger charge is -2.05. The average molecular weight is 385 g/mol. The molecule has 4 aromatic rings. The zero-order valence-electron chi connectivity index (χ0n) is 15.0. The Morgan fingerprint density at radius 2 is 1.82 bits per heavy atom. The fraction of sp³-hybridized carbons (Fsp3) is 0.0455. The summed E-state index contributed by atoms with van der Waals surface area (Å²) in [4.78, 5) is 17.2. The Labute approximate surface area is 165 Å². The quantitative estimate of drug-likeness (QED) is 0.530. The minimum Gasteiger partial charge on any atom is -0.494 e. The van der Waals surface area contributed by atoms with Crippen LogP contribution in [-0.4, -0.2) is 18.0 Å². The van der Waals surface area contributed by atoms with Gasteiger partial charge in [0.1, 0.15) is 11.3 Å². The van der Waals surface area contributed by atoms with Crippen molar-refractivity contribution in [1.82, 2.24) is 4.98 Å². The maximum absolute atomic E-state index is 12.7. The third-order valence-electron chi connectivity index (χ3n) is 4.32. The van der Waals surface area contributed by atoms with E-state index in [1.165, 1.54) is 11.3 Å². The predicted octanol–water partition coefficient (Wildman–Crippen LogP) is 5.10. The van der Waals surface area contributed by atoms with Crippen LogP contribution in [-0.2, 0) is 0 Å². The lowest BCUT2D eigenvalue weighted by atomic mass is 10.1. The molecule has 0 spiro atoms. The molecule has 3 aromatic carbocycles. The monoisotopic (exact) mass is 385 g/mol. The molecule has 1 N–H and O–H groups in total. The Balaban J connectivity index is 1.77. The number of benzene rings is 3. The number of hydrogen-bond donors (Lipinski definition) is 1. The van der Waals surface area contributed by atoms with Crippen LogP contribution in [0.2, 0.25) is 0 Å². The van der Waals surface area contributed by atoms with Crippen LogP contribution >= 0.6 is 11.3 Å². The van der Waals surface area contributed by atoms with E-state index in [9.17, 15) is 10.1 Å². The van der Waals surface area contributed by atoms with Gasteiger partial charge in [-0.15, -0.1) is 0 Å². The van der Waals surface area contributed by atoms with E-state index in [1.54, 1.807) is 31.4 Å². The molecule has 1 heterocycles. The fourth-order valence-corrected chi connectivity index (χ4v) is 4.00. The van der Waals surface area contributed by atoms with Crippen molar-refractivity contribution in [2.24, 2.45) is 0 Å². The molecule has 136 valence electrons. The number of nitrogens with zero attached hydrogens (tertiary/aromatic N) is 2. The summed E-state index contributed by atoms with van der Waals surface area (Å²) in [6, 6.07) is 22.6. The molecule has 0 aliphatic carbocycles. The van der Waals surface area contributed by atoms with Crippen molar-refractivity contribution in [3.05, 3.63) is 77.9 Å². The molecule has 4 rings (SSSR count). The molecule has 0 atom stereocenters. The molecular formula is C22H15N3O2S. The van der Waals surface area contributed by atoms with Gasteiger partial charge >= 0.3 is 0 Å². The van der Waals surface area contributed by atoms with Gasteiger partial charge in [0.05, 0.1) is 29.0 Å². The van der Waals surface area contributed by atoms with Crippen molar-refractivity contribution in [3.63, 3.8) is 0 Å². The van der Waals surface area contributed by atoms with Crippen molar-refractivity contribution < 1.29 is 9.53 Å². The molecule has 0 unspecified atom stereocenters. The summed E-state index contributed by atoms with van der Waals surface area (Å²) in [5.41, 5.74) is 3.42. The van der Waals surface area contributed by atoms with E-state index in [2.05, 4.69) is 10.3 Å². The standard InChI is InChI=1S/C22H15N3O2S/c1-27-18-12-11-16(14-7-3-2-4-8-14)20-19(18)24-22(28-20)25-21(26)17-10-6-5-9-15(17)13-23/h2-12H,1H3,(H,24,25,26). The van der Waals surface area contributed by atoms with Gasteiger partial charge in [-0.1, -0.05) is 53.8 Å². The Kier molecular flexibility index (Phi) is 4.75. The van der Waals surface area contributed by atoms with Crippen LogP contribution in [0.5, 0.6) is 5.75 Å². The van der Waals surface area contributed by atoms with Crippen molar-refractivity contribution in [2.45, 2.75) is 0 Å². The number of amides is 1. The molecule has 0 aliphatic rings. The van der Waals surface area contributed by atoms with E-state index in [0.29, 0.717) is 27.5 Å². The fourth-order valence-electron chi connectivity index (χ4n) is 2.99. The highest BCUT2D eigenvalue weighted by Crippen LogP contribution is 2.39. The highest BCUT2D eigenvalue weighted by molar-refractivity contribution is 7.23. The maximum atomic E-state index is 12.7. The van der Waals surface area contributed by atoms with Crippen LogP contribution in [0.3, 0.4) is 0 Å². The van der Waals surface area contributed by atoms with Gasteiger partial charge in [-0.05, 0) is 29.8 Å². The third-order valence-corrected chi connectivity index (χ3v) is 5.33. The Hall–Kier alpha value is -3.69. The van der Waals surface area contributed by atoms with Crippen LogP contribution in [0.15, 0.2) is 66.7 Å². The smallest absolute Gasteiger partial charge is 0.258 e. The van der Waals surface area contributed by atoms with Gasteiger partial charge < -0.3 is 4.74 Å². The number of nitriles is 1. The Morgan fingerprint density at radius 1 is 1.07 bits per heavy atom. The van der Waals surface area contributed by atoms with E-state index in [4.69, 9.17) is 4.74 Å². The van der Waals surface area contributed by atoms with Crippen LogP contribution in [0.4, 0.5) is 5.13 Å². The van der Waals surface area contributed by atoms with E-state index in [-0.39, 0.29) is 5.91 Å². The first-order chi connectivity index (χ1) is 13.7. The van der Waals surface area contributed by atoms with Gasteiger partial charge in [-0.2, -0.15) is 5.26 Å². The number of hydrogen-bond acceptors (Lipinski definition) is 5. The lowest BCUT2D eigenvalue weighted by Crippen LogP contribution is -2.13. The number of thiazole rings is 1. The second-order valence-electron chi connectivity index (χ2n) is 5.99. The van der Waals surface area contributed by atoms with Gasteiger partial charge in [0, 0.05) is 5.56 Å². The zero-order chi connectivity index (χ0) is 19.5. The molecule has 28 heavy (non-hydrogen) atoms. The van der Waals surface area contributed by atoms with Crippen molar-refractivity contribution >= 4 is 32.6 Å². The first kappa shape index (κ1) is 17.7. The number of aromatic nitrogens is 1. The Bertz CT molecular complexity index is 1210. The van der Waals surface area contributed by atoms with Gasteiger partial charge in [0.2, 0.25) is 0 Å². The number of anilines is 1. The van der Waals surface area contributed by atoms with E-state index in [0.717, 1.165) is 15.8 Å². The lowest BCUT2D eigenvalue weighted by molar-refractivity contribution is 0.102. The van der Waals surface area contributed by atoms with E-state index in [1.807, 2.05) is 48.5 Å². The Morgan fingerprint density at radius 3 is 2.57 bits per heavy atom.